The number of fused-ring (bicyclic) bond motifs is 1. The van der Waals surface area contributed by atoms with E-state index in [4.69, 9.17) is 11.6 Å². The number of nitrogens with one attached hydrogen (secondary N) is 2. The SMILES string of the molecule is Cc1ccc(Cl)cc1C(=O)N[C@H]1CC=CC[C@@H]2CC[C@@H](C(=O)NC3CC(=O)OC3O)N2C1=O. The van der Waals surface area contributed by atoms with Gasteiger partial charge < -0.3 is 25.4 Å². The number of hydrogen-bond acceptors (Lipinski definition) is 6. The van der Waals surface area contributed by atoms with E-state index in [0.717, 1.165) is 5.56 Å². The van der Waals surface area contributed by atoms with Gasteiger partial charge in [-0.2, -0.15) is 0 Å². The molecule has 3 N–H and O–H groups in total. The summed E-state index contributed by atoms with van der Waals surface area (Å²) in [7, 11) is 0. The van der Waals surface area contributed by atoms with E-state index < -0.39 is 42.2 Å². The number of halogens is 1. The van der Waals surface area contributed by atoms with Crippen LogP contribution in [0.1, 0.15) is 48.0 Å². The zero-order chi connectivity index (χ0) is 23.7. The lowest BCUT2D eigenvalue weighted by Gasteiger charge is -2.34. The van der Waals surface area contributed by atoms with Gasteiger partial charge in [-0.15, -0.1) is 0 Å². The highest BCUT2D eigenvalue weighted by atomic mass is 35.5. The van der Waals surface area contributed by atoms with E-state index in [2.05, 4.69) is 15.4 Å². The van der Waals surface area contributed by atoms with Crippen molar-refractivity contribution in [3.05, 3.63) is 46.5 Å². The fraction of sp³-hybridized carbons (Fsp3) is 0.478. The predicted octanol–water partition coefficient (Wildman–Crippen LogP) is 1.21. The molecule has 3 amide bonds. The van der Waals surface area contributed by atoms with E-state index in [1.54, 1.807) is 30.0 Å². The number of carbonyl (C=O) groups is 4. The summed E-state index contributed by atoms with van der Waals surface area (Å²) >= 11 is 6.04. The van der Waals surface area contributed by atoms with Gasteiger partial charge in [0.05, 0.1) is 6.42 Å². The summed E-state index contributed by atoms with van der Waals surface area (Å²) in [5.74, 6) is -1.80. The number of rotatable bonds is 4. The van der Waals surface area contributed by atoms with Crippen LogP contribution in [0.5, 0.6) is 0 Å². The summed E-state index contributed by atoms with van der Waals surface area (Å²) in [5.41, 5.74) is 1.11. The Morgan fingerprint density at radius 1 is 1.15 bits per heavy atom. The second kappa shape index (κ2) is 9.52. The van der Waals surface area contributed by atoms with Gasteiger partial charge in [-0.05, 0) is 50.3 Å². The molecule has 10 heteroatoms. The number of nitrogens with zero attached hydrogens (tertiary/aromatic N) is 1. The van der Waals surface area contributed by atoms with Crippen LogP contribution in [-0.2, 0) is 19.1 Å². The van der Waals surface area contributed by atoms with Crippen LogP contribution in [0.2, 0.25) is 5.02 Å². The molecule has 0 radical (unpaired) electrons. The average molecular weight is 476 g/mol. The molecule has 0 aliphatic carbocycles. The number of amides is 3. The molecule has 176 valence electrons. The molecular weight excluding hydrogens is 450 g/mol. The molecule has 0 bridgehead atoms. The third-order valence-corrected chi connectivity index (χ3v) is 6.60. The highest BCUT2D eigenvalue weighted by Gasteiger charge is 2.45. The first-order chi connectivity index (χ1) is 15.7. The van der Waals surface area contributed by atoms with Gasteiger partial charge in [-0.1, -0.05) is 29.8 Å². The number of carbonyl (C=O) groups excluding carboxylic acids is 4. The molecule has 0 spiro atoms. The molecule has 9 nitrogen and oxygen atoms in total. The topological polar surface area (TPSA) is 125 Å². The number of aryl methyl sites for hydroxylation is 1. The molecule has 3 aliphatic heterocycles. The zero-order valence-electron chi connectivity index (χ0n) is 18.1. The fourth-order valence-corrected chi connectivity index (χ4v) is 4.79. The molecule has 2 unspecified atom stereocenters. The minimum Gasteiger partial charge on any atom is -0.434 e. The first-order valence-corrected chi connectivity index (χ1v) is 11.3. The lowest BCUT2D eigenvalue weighted by Crippen LogP contribution is -2.57. The van der Waals surface area contributed by atoms with E-state index in [9.17, 15) is 24.3 Å². The van der Waals surface area contributed by atoms with Crippen molar-refractivity contribution in [2.75, 3.05) is 0 Å². The second-order valence-corrected chi connectivity index (χ2v) is 9.06. The third kappa shape index (κ3) is 4.89. The van der Waals surface area contributed by atoms with Crippen LogP contribution in [0, 0.1) is 6.92 Å². The Kier molecular flexibility index (Phi) is 6.71. The summed E-state index contributed by atoms with van der Waals surface area (Å²) in [6.45, 7) is 1.79. The first kappa shape index (κ1) is 23.3. The quantitative estimate of drug-likeness (QED) is 0.444. The van der Waals surface area contributed by atoms with Gasteiger partial charge >= 0.3 is 5.97 Å². The Balaban J connectivity index is 1.51. The summed E-state index contributed by atoms with van der Waals surface area (Å²) in [6.07, 6.45) is 4.28. The monoisotopic (exact) mass is 475 g/mol. The molecule has 0 saturated carbocycles. The second-order valence-electron chi connectivity index (χ2n) is 8.62. The molecule has 0 aromatic heterocycles. The van der Waals surface area contributed by atoms with E-state index in [1.807, 2.05) is 12.2 Å². The van der Waals surface area contributed by atoms with Crippen LogP contribution >= 0.6 is 11.6 Å². The van der Waals surface area contributed by atoms with E-state index in [-0.39, 0.29) is 18.4 Å². The molecule has 33 heavy (non-hydrogen) atoms. The van der Waals surface area contributed by atoms with E-state index in [0.29, 0.717) is 36.3 Å². The number of benzene rings is 1. The number of esters is 1. The maximum Gasteiger partial charge on any atom is 0.310 e. The van der Waals surface area contributed by atoms with Gasteiger partial charge in [-0.25, -0.2) is 0 Å². The number of ether oxygens (including phenoxy) is 1. The molecule has 5 atom stereocenters. The molecule has 1 aromatic carbocycles. The fourth-order valence-electron chi connectivity index (χ4n) is 4.61. The van der Waals surface area contributed by atoms with Crippen molar-refractivity contribution in [3.8, 4) is 0 Å². The smallest absolute Gasteiger partial charge is 0.310 e. The predicted molar refractivity (Wildman–Crippen MR) is 118 cm³/mol. The zero-order valence-corrected chi connectivity index (χ0v) is 18.9. The maximum absolute atomic E-state index is 13.5. The summed E-state index contributed by atoms with van der Waals surface area (Å²) < 4.78 is 4.68. The van der Waals surface area contributed by atoms with Crippen molar-refractivity contribution >= 4 is 35.3 Å². The van der Waals surface area contributed by atoms with Gasteiger partial charge in [0.15, 0.2) is 0 Å². The molecule has 2 fully saturated rings. The molecule has 2 saturated heterocycles. The van der Waals surface area contributed by atoms with E-state index in [1.165, 1.54) is 0 Å². The average Bonchev–Trinajstić information content (AvgIpc) is 3.32. The van der Waals surface area contributed by atoms with Crippen molar-refractivity contribution in [2.45, 2.75) is 69.5 Å². The van der Waals surface area contributed by atoms with Crippen LogP contribution in [-0.4, -0.2) is 64.2 Å². The Hall–Kier alpha value is -2.91. The van der Waals surface area contributed by atoms with Gasteiger partial charge in [0.2, 0.25) is 18.1 Å². The summed E-state index contributed by atoms with van der Waals surface area (Å²) in [6, 6.07) is 2.35. The van der Waals surface area contributed by atoms with Crippen LogP contribution < -0.4 is 10.6 Å². The van der Waals surface area contributed by atoms with Gasteiger partial charge in [0.1, 0.15) is 18.1 Å². The lowest BCUT2D eigenvalue weighted by atomic mass is 10.0. The van der Waals surface area contributed by atoms with Crippen molar-refractivity contribution in [3.63, 3.8) is 0 Å². The van der Waals surface area contributed by atoms with Gasteiger partial charge in [0.25, 0.3) is 5.91 Å². The third-order valence-electron chi connectivity index (χ3n) is 6.36. The molecular formula is C23H26ClN3O6. The van der Waals surface area contributed by atoms with Crippen molar-refractivity contribution < 1.29 is 29.0 Å². The van der Waals surface area contributed by atoms with Crippen LogP contribution in [0.25, 0.3) is 0 Å². The van der Waals surface area contributed by atoms with Crippen molar-refractivity contribution in [1.82, 2.24) is 15.5 Å². The van der Waals surface area contributed by atoms with Crippen molar-refractivity contribution in [1.29, 1.82) is 0 Å². The number of hydrogen-bond donors (Lipinski definition) is 3. The Morgan fingerprint density at radius 3 is 2.64 bits per heavy atom. The molecule has 3 aliphatic rings. The number of aliphatic hydroxyl groups excluding tert-OH is 1. The normalized spacial score (nSPS) is 29.2. The van der Waals surface area contributed by atoms with Crippen LogP contribution in [0.3, 0.4) is 0 Å². The van der Waals surface area contributed by atoms with Crippen LogP contribution in [0.15, 0.2) is 30.4 Å². The minimum absolute atomic E-state index is 0.128. The van der Waals surface area contributed by atoms with E-state index >= 15 is 0 Å². The van der Waals surface area contributed by atoms with Crippen LogP contribution in [0.4, 0.5) is 0 Å². The largest absolute Gasteiger partial charge is 0.434 e. The minimum atomic E-state index is -1.41. The Morgan fingerprint density at radius 2 is 1.91 bits per heavy atom. The maximum atomic E-state index is 13.5. The van der Waals surface area contributed by atoms with Gasteiger partial charge in [-0.3, -0.25) is 19.2 Å². The highest BCUT2D eigenvalue weighted by Crippen LogP contribution is 2.30. The van der Waals surface area contributed by atoms with Crippen molar-refractivity contribution in [2.24, 2.45) is 0 Å². The number of aliphatic hydroxyl groups is 1. The standard InChI is InChI=1S/C23H26ClN3O6/c1-12-6-7-13(24)10-15(12)20(29)25-16-5-3-2-4-14-8-9-18(27(14)22(16)31)21(30)26-17-11-19(28)33-23(17)32/h2-3,6-7,10,14,16-18,23,32H,4-5,8-9,11H2,1H3,(H,25,29)(H,26,30)/t14-,16+,17?,18+,23?/m1/s1. The summed E-state index contributed by atoms with van der Waals surface area (Å²) in [5, 5.41) is 15.7. The molecule has 3 heterocycles. The molecule has 4 rings (SSSR count). The molecule has 1 aromatic rings. The Bertz CT molecular complexity index is 1010. The first-order valence-electron chi connectivity index (χ1n) is 11.0. The number of cyclic esters (lactones) is 1. The Labute approximate surface area is 196 Å². The lowest BCUT2D eigenvalue weighted by molar-refractivity contribution is -0.155. The highest BCUT2D eigenvalue weighted by molar-refractivity contribution is 6.31. The van der Waals surface area contributed by atoms with Gasteiger partial charge in [0, 0.05) is 16.6 Å². The summed E-state index contributed by atoms with van der Waals surface area (Å²) in [4.78, 5) is 52.3.